The number of hydrogen-bond acceptors (Lipinski definition) is 5. The van der Waals surface area contributed by atoms with Crippen molar-refractivity contribution in [1.82, 2.24) is 19.9 Å². The smallest absolute Gasteiger partial charge is 0.410 e. The fourth-order valence-electron chi connectivity index (χ4n) is 2.28. The summed E-state index contributed by atoms with van der Waals surface area (Å²) in [5.41, 5.74) is 1.02. The van der Waals surface area contributed by atoms with Gasteiger partial charge in [-0.3, -0.25) is 0 Å². The van der Waals surface area contributed by atoms with Crippen LogP contribution in [0.3, 0.4) is 0 Å². The van der Waals surface area contributed by atoms with Gasteiger partial charge in [0.15, 0.2) is 11.6 Å². The monoisotopic (exact) mass is 338 g/mol. The van der Waals surface area contributed by atoms with Crippen LogP contribution < -0.4 is 0 Å². The van der Waals surface area contributed by atoms with Gasteiger partial charge in [-0.2, -0.15) is 0 Å². The van der Waals surface area contributed by atoms with Gasteiger partial charge in [-0.1, -0.05) is 11.3 Å². The van der Waals surface area contributed by atoms with E-state index in [9.17, 15) is 13.6 Å². The Bertz CT molecular complexity index is 716. The summed E-state index contributed by atoms with van der Waals surface area (Å²) in [6, 6.07) is 3.64. The van der Waals surface area contributed by atoms with Gasteiger partial charge in [0, 0.05) is 13.1 Å². The first kappa shape index (κ1) is 16.3. The Morgan fingerprint density at radius 3 is 2.79 bits per heavy atom. The number of nitrogens with zero attached hydrogens (tertiary/aromatic N) is 4. The summed E-state index contributed by atoms with van der Waals surface area (Å²) in [7, 11) is 0. The Morgan fingerprint density at radius 2 is 2.04 bits per heavy atom. The van der Waals surface area contributed by atoms with E-state index in [0.717, 1.165) is 12.1 Å². The van der Waals surface area contributed by atoms with E-state index in [-0.39, 0.29) is 13.2 Å². The zero-order valence-electron chi connectivity index (χ0n) is 12.8. The van der Waals surface area contributed by atoms with Crippen molar-refractivity contribution in [2.75, 3.05) is 26.3 Å². The molecular formula is C15H16F2N4O3. The zero-order chi connectivity index (χ0) is 16.9. The first-order valence-corrected chi connectivity index (χ1v) is 7.44. The molecule has 0 unspecified atom stereocenters. The van der Waals surface area contributed by atoms with Gasteiger partial charge < -0.3 is 14.4 Å². The Labute approximate surface area is 136 Å². The molecule has 0 spiro atoms. The second kappa shape index (κ2) is 7.35. The van der Waals surface area contributed by atoms with E-state index >= 15 is 0 Å². The first-order valence-electron chi connectivity index (χ1n) is 7.44. The van der Waals surface area contributed by atoms with Crippen molar-refractivity contribution in [3.8, 4) is 0 Å². The second-order valence-electron chi connectivity index (χ2n) is 5.31. The highest BCUT2D eigenvalue weighted by molar-refractivity contribution is 5.67. The van der Waals surface area contributed by atoms with Crippen molar-refractivity contribution >= 4 is 6.09 Å². The molecule has 0 saturated carbocycles. The molecule has 2 heterocycles. The van der Waals surface area contributed by atoms with Gasteiger partial charge in [-0.25, -0.2) is 18.3 Å². The predicted octanol–water partition coefficient (Wildman–Crippen LogP) is 1.57. The topological polar surface area (TPSA) is 69.5 Å². The summed E-state index contributed by atoms with van der Waals surface area (Å²) in [5, 5.41) is 7.77. The molecule has 0 N–H and O–H groups in total. The highest BCUT2D eigenvalue weighted by Gasteiger charge is 2.18. The summed E-state index contributed by atoms with van der Waals surface area (Å²) in [5.74, 6) is -1.81. The van der Waals surface area contributed by atoms with Crippen molar-refractivity contribution in [1.29, 1.82) is 0 Å². The number of benzene rings is 1. The van der Waals surface area contributed by atoms with Crippen molar-refractivity contribution in [3.63, 3.8) is 0 Å². The minimum absolute atomic E-state index is 0.00598. The van der Waals surface area contributed by atoms with Gasteiger partial charge in [0.25, 0.3) is 0 Å². The number of rotatable bonds is 4. The van der Waals surface area contributed by atoms with Gasteiger partial charge in [-0.15, -0.1) is 5.10 Å². The molecule has 0 aliphatic carbocycles. The largest absolute Gasteiger partial charge is 0.443 e. The maximum Gasteiger partial charge on any atom is 0.410 e. The van der Waals surface area contributed by atoms with E-state index in [1.165, 1.54) is 10.7 Å². The van der Waals surface area contributed by atoms with Crippen molar-refractivity contribution in [2.45, 2.75) is 13.2 Å². The normalized spacial score (nSPS) is 14.7. The lowest BCUT2D eigenvalue weighted by Gasteiger charge is -2.25. The number of halogens is 2. The predicted molar refractivity (Wildman–Crippen MR) is 78.1 cm³/mol. The summed E-state index contributed by atoms with van der Waals surface area (Å²) in [6.07, 6.45) is 1.17. The lowest BCUT2D eigenvalue weighted by atomic mass is 10.2. The molecule has 7 nitrogen and oxygen atoms in total. The maximum absolute atomic E-state index is 13.2. The van der Waals surface area contributed by atoms with Crippen LogP contribution in [0.15, 0.2) is 24.4 Å². The van der Waals surface area contributed by atoms with E-state index in [0.29, 0.717) is 37.6 Å². The van der Waals surface area contributed by atoms with Crippen molar-refractivity contribution in [3.05, 3.63) is 47.3 Å². The fourth-order valence-corrected chi connectivity index (χ4v) is 2.28. The zero-order valence-corrected chi connectivity index (χ0v) is 12.8. The molecule has 1 aliphatic rings. The van der Waals surface area contributed by atoms with Crippen LogP contribution in [0.2, 0.25) is 0 Å². The Kier molecular flexibility index (Phi) is 4.99. The lowest BCUT2D eigenvalue weighted by molar-refractivity contribution is 0.0246. The summed E-state index contributed by atoms with van der Waals surface area (Å²) >= 11 is 0. The molecule has 1 amide bonds. The molecule has 1 aromatic heterocycles. The second-order valence-corrected chi connectivity index (χ2v) is 5.31. The molecule has 1 saturated heterocycles. The van der Waals surface area contributed by atoms with Crippen molar-refractivity contribution < 1.29 is 23.0 Å². The van der Waals surface area contributed by atoms with E-state index in [1.807, 2.05) is 0 Å². The maximum atomic E-state index is 13.2. The minimum Gasteiger partial charge on any atom is -0.443 e. The molecule has 0 bridgehead atoms. The van der Waals surface area contributed by atoms with Gasteiger partial charge in [0.1, 0.15) is 12.3 Å². The molecule has 9 heteroatoms. The van der Waals surface area contributed by atoms with Crippen LogP contribution in [-0.4, -0.2) is 52.3 Å². The number of carbonyl (C=O) groups is 1. The molecule has 2 aromatic rings. The van der Waals surface area contributed by atoms with Gasteiger partial charge in [0.05, 0.1) is 26.0 Å². The van der Waals surface area contributed by atoms with E-state index in [4.69, 9.17) is 9.47 Å². The van der Waals surface area contributed by atoms with Crippen LogP contribution in [-0.2, 0) is 22.6 Å². The fraction of sp³-hybridized carbons (Fsp3) is 0.400. The Morgan fingerprint density at radius 1 is 1.25 bits per heavy atom. The van der Waals surface area contributed by atoms with Crippen LogP contribution in [0.25, 0.3) is 0 Å². The molecule has 24 heavy (non-hydrogen) atoms. The third-order valence-corrected chi connectivity index (χ3v) is 3.53. The Balaban J connectivity index is 1.53. The third-order valence-electron chi connectivity index (χ3n) is 3.53. The highest BCUT2D eigenvalue weighted by atomic mass is 19.2. The number of aromatic nitrogens is 3. The average molecular weight is 338 g/mol. The number of amides is 1. The standard InChI is InChI=1S/C15H16F2N4O3/c16-13-2-1-11(7-14(13)17)8-21-9-12(18-19-21)10-24-15(22)20-3-5-23-6-4-20/h1-2,7,9H,3-6,8,10H2. The molecule has 0 atom stereocenters. The van der Waals surface area contributed by atoms with Crippen LogP contribution in [0.1, 0.15) is 11.3 Å². The first-order chi connectivity index (χ1) is 11.6. The average Bonchev–Trinajstić information content (AvgIpc) is 3.04. The molecule has 3 rings (SSSR count). The molecule has 1 aromatic carbocycles. The molecule has 0 radical (unpaired) electrons. The summed E-state index contributed by atoms with van der Waals surface area (Å²) < 4.78 is 37.9. The van der Waals surface area contributed by atoms with Gasteiger partial charge >= 0.3 is 6.09 Å². The SMILES string of the molecule is O=C(OCc1cn(Cc2ccc(F)c(F)c2)nn1)N1CCOCC1. The molecule has 1 fully saturated rings. The van der Waals surface area contributed by atoms with Crippen LogP contribution in [0, 0.1) is 11.6 Å². The number of morpholine rings is 1. The number of ether oxygens (including phenoxy) is 2. The van der Waals surface area contributed by atoms with E-state index in [2.05, 4.69) is 10.3 Å². The Hall–Kier alpha value is -2.55. The molecule has 1 aliphatic heterocycles. The lowest BCUT2D eigenvalue weighted by Crippen LogP contribution is -2.40. The quantitative estimate of drug-likeness (QED) is 0.846. The molecular weight excluding hydrogens is 322 g/mol. The van der Waals surface area contributed by atoms with Crippen LogP contribution in [0.5, 0.6) is 0 Å². The van der Waals surface area contributed by atoms with E-state index in [1.54, 1.807) is 11.1 Å². The highest BCUT2D eigenvalue weighted by Crippen LogP contribution is 2.10. The van der Waals surface area contributed by atoms with Crippen LogP contribution in [0.4, 0.5) is 13.6 Å². The number of hydrogen-bond donors (Lipinski definition) is 0. The molecule has 128 valence electrons. The minimum atomic E-state index is -0.910. The summed E-state index contributed by atoms with van der Waals surface area (Å²) in [6.45, 7) is 2.23. The van der Waals surface area contributed by atoms with Gasteiger partial charge in [0.2, 0.25) is 0 Å². The van der Waals surface area contributed by atoms with Crippen molar-refractivity contribution in [2.24, 2.45) is 0 Å². The third kappa shape index (κ3) is 4.05. The number of carbonyl (C=O) groups excluding carboxylic acids is 1. The van der Waals surface area contributed by atoms with Gasteiger partial charge in [-0.05, 0) is 17.7 Å². The van der Waals surface area contributed by atoms with E-state index < -0.39 is 17.7 Å². The summed E-state index contributed by atoms with van der Waals surface area (Å²) in [4.78, 5) is 13.4. The van der Waals surface area contributed by atoms with Crippen LogP contribution >= 0.6 is 0 Å².